The summed E-state index contributed by atoms with van der Waals surface area (Å²) in [5.74, 6) is 0. The van der Waals surface area contributed by atoms with Gasteiger partial charge in [0.1, 0.15) is 0 Å². The van der Waals surface area contributed by atoms with Gasteiger partial charge in [-0.15, -0.1) is 0 Å². The molecule has 0 spiro atoms. The number of hydrogen-bond acceptors (Lipinski definition) is 2. The van der Waals surface area contributed by atoms with E-state index in [2.05, 4.69) is 84.5 Å². The molecule has 1 heterocycles. The van der Waals surface area contributed by atoms with E-state index in [-0.39, 0.29) is 6.04 Å². The molecule has 3 rings (SSSR count). The van der Waals surface area contributed by atoms with Gasteiger partial charge < -0.3 is 0 Å². The fourth-order valence-corrected chi connectivity index (χ4v) is 2.75. The monoisotopic (exact) mass is 302 g/mol. The first-order valence-electron chi connectivity index (χ1n) is 7.99. The molecule has 0 saturated heterocycles. The fraction of sp³-hybridized carbons (Fsp3) is 0.190. The lowest BCUT2D eigenvalue weighted by atomic mass is 10.0. The van der Waals surface area contributed by atoms with Gasteiger partial charge in [0.05, 0.1) is 5.69 Å². The highest BCUT2D eigenvalue weighted by molar-refractivity contribution is 5.63. The summed E-state index contributed by atoms with van der Waals surface area (Å²) in [4.78, 5) is 6.79. The van der Waals surface area contributed by atoms with Gasteiger partial charge in [0.2, 0.25) is 0 Å². The Kier molecular flexibility index (Phi) is 4.84. The number of aromatic nitrogens is 1. The van der Waals surface area contributed by atoms with E-state index in [1.807, 2.05) is 18.3 Å². The minimum Gasteiger partial charge on any atom is -0.294 e. The molecule has 1 unspecified atom stereocenters. The minimum atomic E-state index is 0.289. The van der Waals surface area contributed by atoms with Crippen molar-refractivity contribution < 1.29 is 0 Å². The third-order valence-electron chi connectivity index (χ3n) is 4.24. The lowest BCUT2D eigenvalue weighted by molar-refractivity contribution is 0.248. The summed E-state index contributed by atoms with van der Waals surface area (Å²) in [5, 5.41) is 0. The van der Waals surface area contributed by atoms with E-state index in [1.165, 1.54) is 16.7 Å². The number of rotatable bonds is 5. The molecule has 2 nitrogen and oxygen atoms in total. The summed E-state index contributed by atoms with van der Waals surface area (Å²) >= 11 is 0. The Morgan fingerprint density at radius 1 is 0.870 bits per heavy atom. The van der Waals surface area contributed by atoms with Crippen LogP contribution in [0.1, 0.15) is 24.2 Å². The van der Waals surface area contributed by atoms with Gasteiger partial charge in [0.15, 0.2) is 0 Å². The number of nitrogens with zero attached hydrogens (tertiary/aromatic N) is 2. The van der Waals surface area contributed by atoms with Crippen LogP contribution in [0.15, 0.2) is 79.0 Å². The Hall–Kier alpha value is -2.45. The SMILES string of the molecule is CC(c1ccccn1)N(C)Cc1cccc(-c2ccccc2)c1. The number of pyridine rings is 1. The van der Waals surface area contributed by atoms with Crippen molar-refractivity contribution in [3.8, 4) is 11.1 Å². The number of benzene rings is 2. The van der Waals surface area contributed by atoms with Crippen molar-refractivity contribution in [2.24, 2.45) is 0 Å². The molecule has 23 heavy (non-hydrogen) atoms. The van der Waals surface area contributed by atoms with Crippen LogP contribution >= 0.6 is 0 Å². The first-order chi connectivity index (χ1) is 11.2. The highest BCUT2D eigenvalue weighted by Gasteiger charge is 2.13. The Labute approximate surface area is 138 Å². The normalized spacial score (nSPS) is 12.3. The Morgan fingerprint density at radius 3 is 2.35 bits per heavy atom. The Balaban J connectivity index is 1.75. The minimum absolute atomic E-state index is 0.289. The second kappa shape index (κ2) is 7.21. The Bertz CT molecular complexity index is 738. The summed E-state index contributed by atoms with van der Waals surface area (Å²) in [6.45, 7) is 3.10. The van der Waals surface area contributed by atoms with Crippen molar-refractivity contribution in [1.82, 2.24) is 9.88 Å². The lowest BCUT2D eigenvalue weighted by Gasteiger charge is -2.24. The molecule has 2 aromatic carbocycles. The summed E-state index contributed by atoms with van der Waals surface area (Å²) in [6, 6.07) is 25.7. The van der Waals surface area contributed by atoms with Crippen molar-refractivity contribution >= 4 is 0 Å². The molecule has 0 fully saturated rings. The zero-order chi connectivity index (χ0) is 16.1. The van der Waals surface area contributed by atoms with E-state index < -0.39 is 0 Å². The Morgan fingerprint density at radius 2 is 1.61 bits per heavy atom. The van der Waals surface area contributed by atoms with E-state index in [0.717, 1.165) is 12.2 Å². The van der Waals surface area contributed by atoms with E-state index in [1.54, 1.807) is 0 Å². The van der Waals surface area contributed by atoms with Crippen LogP contribution in [0.4, 0.5) is 0 Å². The molecule has 1 atom stereocenters. The van der Waals surface area contributed by atoms with Gasteiger partial charge in [-0.05, 0) is 48.9 Å². The quantitative estimate of drug-likeness (QED) is 0.663. The van der Waals surface area contributed by atoms with Gasteiger partial charge in [0, 0.05) is 18.8 Å². The highest BCUT2D eigenvalue weighted by atomic mass is 15.1. The van der Waals surface area contributed by atoms with Crippen LogP contribution in [0.2, 0.25) is 0 Å². The van der Waals surface area contributed by atoms with Crippen LogP contribution in [-0.4, -0.2) is 16.9 Å². The zero-order valence-electron chi connectivity index (χ0n) is 13.7. The molecule has 0 saturated carbocycles. The molecule has 0 aliphatic rings. The standard InChI is InChI=1S/C21H22N2/c1-17(21-13-6-7-14-22-21)23(2)16-18-9-8-12-20(15-18)19-10-4-3-5-11-19/h3-15,17H,16H2,1-2H3. The first kappa shape index (κ1) is 15.4. The predicted octanol–water partition coefficient (Wildman–Crippen LogP) is 4.94. The van der Waals surface area contributed by atoms with Crippen molar-refractivity contribution in [1.29, 1.82) is 0 Å². The first-order valence-corrected chi connectivity index (χ1v) is 7.99. The van der Waals surface area contributed by atoms with Crippen LogP contribution in [-0.2, 0) is 6.54 Å². The summed E-state index contributed by atoms with van der Waals surface area (Å²) < 4.78 is 0. The maximum atomic E-state index is 4.46. The number of hydrogen-bond donors (Lipinski definition) is 0. The molecule has 0 amide bonds. The van der Waals surface area contributed by atoms with E-state index in [0.29, 0.717) is 0 Å². The van der Waals surface area contributed by atoms with Crippen LogP contribution in [0.5, 0.6) is 0 Å². The predicted molar refractivity (Wildman–Crippen MR) is 96.0 cm³/mol. The van der Waals surface area contributed by atoms with Gasteiger partial charge in [-0.2, -0.15) is 0 Å². The molecule has 3 aromatic rings. The van der Waals surface area contributed by atoms with Crippen molar-refractivity contribution in [3.63, 3.8) is 0 Å². The smallest absolute Gasteiger partial charge is 0.0572 e. The van der Waals surface area contributed by atoms with Crippen LogP contribution in [0.25, 0.3) is 11.1 Å². The van der Waals surface area contributed by atoms with Gasteiger partial charge in [-0.1, -0.05) is 54.6 Å². The topological polar surface area (TPSA) is 16.1 Å². The third kappa shape index (κ3) is 3.85. The second-order valence-electron chi connectivity index (χ2n) is 5.91. The summed E-state index contributed by atoms with van der Waals surface area (Å²) in [6.07, 6.45) is 1.86. The van der Waals surface area contributed by atoms with E-state index >= 15 is 0 Å². The molecule has 0 aliphatic heterocycles. The van der Waals surface area contributed by atoms with Crippen molar-refractivity contribution in [2.75, 3.05) is 7.05 Å². The molecular formula is C21H22N2. The average molecular weight is 302 g/mol. The van der Waals surface area contributed by atoms with E-state index in [4.69, 9.17) is 0 Å². The lowest BCUT2D eigenvalue weighted by Crippen LogP contribution is -2.22. The molecule has 2 heteroatoms. The van der Waals surface area contributed by atoms with Crippen molar-refractivity contribution in [2.45, 2.75) is 19.5 Å². The second-order valence-corrected chi connectivity index (χ2v) is 5.91. The van der Waals surface area contributed by atoms with Gasteiger partial charge in [-0.25, -0.2) is 0 Å². The summed E-state index contributed by atoms with van der Waals surface area (Å²) in [5.41, 5.74) is 4.95. The molecule has 0 aliphatic carbocycles. The van der Waals surface area contributed by atoms with Crippen LogP contribution < -0.4 is 0 Å². The average Bonchev–Trinajstić information content (AvgIpc) is 2.63. The maximum Gasteiger partial charge on any atom is 0.0572 e. The third-order valence-corrected chi connectivity index (χ3v) is 4.24. The molecule has 116 valence electrons. The van der Waals surface area contributed by atoms with Gasteiger partial charge in [-0.3, -0.25) is 9.88 Å². The van der Waals surface area contributed by atoms with E-state index in [9.17, 15) is 0 Å². The molecular weight excluding hydrogens is 280 g/mol. The highest BCUT2D eigenvalue weighted by Crippen LogP contribution is 2.23. The van der Waals surface area contributed by atoms with Crippen LogP contribution in [0, 0.1) is 0 Å². The molecule has 0 bridgehead atoms. The molecule has 1 aromatic heterocycles. The van der Waals surface area contributed by atoms with Crippen molar-refractivity contribution in [3.05, 3.63) is 90.3 Å². The summed E-state index contributed by atoms with van der Waals surface area (Å²) in [7, 11) is 2.15. The fourth-order valence-electron chi connectivity index (χ4n) is 2.75. The zero-order valence-corrected chi connectivity index (χ0v) is 13.7. The van der Waals surface area contributed by atoms with Gasteiger partial charge >= 0.3 is 0 Å². The van der Waals surface area contributed by atoms with Gasteiger partial charge in [0.25, 0.3) is 0 Å². The molecule has 0 N–H and O–H groups in total. The molecule has 0 radical (unpaired) electrons. The maximum absolute atomic E-state index is 4.46. The van der Waals surface area contributed by atoms with Crippen LogP contribution in [0.3, 0.4) is 0 Å². The largest absolute Gasteiger partial charge is 0.294 e.